The second-order valence-corrected chi connectivity index (χ2v) is 7.92. The lowest BCUT2D eigenvalue weighted by atomic mass is 9.81. The highest BCUT2D eigenvalue weighted by atomic mass is 16.5. The lowest BCUT2D eigenvalue weighted by molar-refractivity contribution is -0.122. The fraction of sp³-hybridized carbons (Fsp3) is 0.240. The SMILES string of the molecule is O=C(Oc1cccc2ccccc12)c1ccc(N2C(=O)[C@H]3CCCC[C@H]3C2=O)cc1. The van der Waals surface area contributed by atoms with E-state index in [1.54, 1.807) is 30.3 Å². The van der Waals surface area contributed by atoms with Gasteiger partial charge in [0.25, 0.3) is 0 Å². The molecule has 150 valence electrons. The molecule has 5 rings (SSSR count). The molecule has 5 heteroatoms. The molecule has 5 nitrogen and oxygen atoms in total. The topological polar surface area (TPSA) is 63.7 Å². The van der Waals surface area contributed by atoms with Crippen LogP contribution >= 0.6 is 0 Å². The Kier molecular flexibility index (Phi) is 4.58. The molecule has 30 heavy (non-hydrogen) atoms. The molecule has 2 aliphatic rings. The molecule has 3 aromatic rings. The molecule has 0 aromatic heterocycles. The lowest BCUT2D eigenvalue weighted by Gasteiger charge is -2.19. The Morgan fingerprint density at radius 1 is 0.800 bits per heavy atom. The molecule has 1 aliphatic carbocycles. The van der Waals surface area contributed by atoms with Gasteiger partial charge in [0.15, 0.2) is 0 Å². The molecule has 2 fully saturated rings. The van der Waals surface area contributed by atoms with E-state index in [2.05, 4.69) is 0 Å². The van der Waals surface area contributed by atoms with Crippen molar-refractivity contribution in [3.63, 3.8) is 0 Å². The fourth-order valence-electron chi connectivity index (χ4n) is 4.61. The minimum absolute atomic E-state index is 0.115. The lowest BCUT2D eigenvalue weighted by Crippen LogP contribution is -2.30. The monoisotopic (exact) mass is 399 g/mol. The third-order valence-corrected chi connectivity index (χ3v) is 6.15. The number of imide groups is 1. The van der Waals surface area contributed by atoms with Gasteiger partial charge in [-0.25, -0.2) is 4.79 Å². The Labute approximate surface area is 174 Å². The Hall–Kier alpha value is -3.47. The summed E-state index contributed by atoms with van der Waals surface area (Å²) in [6, 6.07) is 19.8. The summed E-state index contributed by atoms with van der Waals surface area (Å²) in [6.07, 6.45) is 3.54. The van der Waals surface area contributed by atoms with Gasteiger partial charge < -0.3 is 4.74 Å². The van der Waals surface area contributed by atoms with Crippen LogP contribution < -0.4 is 9.64 Å². The number of carbonyl (C=O) groups excluding carboxylic acids is 3. The largest absolute Gasteiger partial charge is 0.422 e. The van der Waals surface area contributed by atoms with E-state index in [1.807, 2.05) is 36.4 Å². The number of fused-ring (bicyclic) bond motifs is 2. The number of amides is 2. The van der Waals surface area contributed by atoms with Gasteiger partial charge in [0.05, 0.1) is 23.1 Å². The Morgan fingerprint density at radius 3 is 2.13 bits per heavy atom. The second kappa shape index (κ2) is 7.41. The van der Waals surface area contributed by atoms with E-state index in [4.69, 9.17) is 4.74 Å². The number of ether oxygens (including phenoxy) is 1. The van der Waals surface area contributed by atoms with Crippen LogP contribution in [0.15, 0.2) is 66.7 Å². The van der Waals surface area contributed by atoms with Gasteiger partial charge in [-0.3, -0.25) is 14.5 Å². The van der Waals surface area contributed by atoms with E-state index in [9.17, 15) is 14.4 Å². The molecular formula is C25H21NO4. The maximum Gasteiger partial charge on any atom is 0.343 e. The molecule has 0 bridgehead atoms. The molecule has 1 heterocycles. The van der Waals surface area contributed by atoms with Crippen LogP contribution in [0.1, 0.15) is 36.0 Å². The number of anilines is 1. The molecule has 0 N–H and O–H groups in total. The Balaban J connectivity index is 1.36. The summed E-state index contributed by atoms with van der Waals surface area (Å²) in [7, 11) is 0. The van der Waals surface area contributed by atoms with E-state index in [0.717, 1.165) is 36.5 Å². The molecule has 0 spiro atoms. The summed E-state index contributed by atoms with van der Waals surface area (Å²) >= 11 is 0. The van der Waals surface area contributed by atoms with Crippen LogP contribution in [0.25, 0.3) is 10.8 Å². The standard InChI is InChI=1S/C25H21NO4/c27-23-20-9-3-4-10-21(20)24(28)26(23)18-14-12-17(13-15-18)25(29)30-22-11-5-7-16-6-1-2-8-19(16)22/h1-2,5-8,11-15,20-21H,3-4,9-10H2/t20-,21+. The first-order chi connectivity index (χ1) is 14.6. The second-order valence-electron chi connectivity index (χ2n) is 7.92. The van der Waals surface area contributed by atoms with Crippen molar-refractivity contribution in [1.82, 2.24) is 0 Å². The summed E-state index contributed by atoms with van der Waals surface area (Å²) in [4.78, 5) is 39.4. The van der Waals surface area contributed by atoms with Gasteiger partial charge in [-0.1, -0.05) is 49.2 Å². The van der Waals surface area contributed by atoms with Crippen molar-refractivity contribution in [2.75, 3.05) is 4.90 Å². The predicted molar refractivity (Wildman–Crippen MR) is 113 cm³/mol. The maximum absolute atomic E-state index is 12.7. The van der Waals surface area contributed by atoms with Crippen LogP contribution in [-0.2, 0) is 9.59 Å². The highest BCUT2D eigenvalue weighted by molar-refractivity contribution is 6.22. The van der Waals surface area contributed by atoms with E-state index in [1.165, 1.54) is 4.90 Å². The smallest absolute Gasteiger partial charge is 0.343 e. The summed E-state index contributed by atoms with van der Waals surface area (Å²) in [5.74, 6) is -0.599. The van der Waals surface area contributed by atoms with Gasteiger partial charge >= 0.3 is 5.97 Å². The minimum Gasteiger partial charge on any atom is -0.422 e. The number of esters is 1. The summed E-state index contributed by atoms with van der Waals surface area (Å²) < 4.78 is 5.61. The molecule has 2 amide bonds. The normalized spacial score (nSPS) is 21.0. The number of hydrogen-bond donors (Lipinski definition) is 0. The molecule has 1 saturated carbocycles. The third-order valence-electron chi connectivity index (χ3n) is 6.15. The molecule has 3 aromatic carbocycles. The quantitative estimate of drug-likeness (QED) is 0.363. The van der Waals surface area contributed by atoms with Crippen molar-refractivity contribution in [3.05, 3.63) is 72.3 Å². The van der Waals surface area contributed by atoms with Crippen molar-refractivity contribution in [3.8, 4) is 5.75 Å². The van der Waals surface area contributed by atoms with Crippen LogP contribution in [0.3, 0.4) is 0 Å². The van der Waals surface area contributed by atoms with E-state index in [-0.39, 0.29) is 23.7 Å². The molecular weight excluding hydrogens is 378 g/mol. The Morgan fingerprint density at radius 2 is 1.43 bits per heavy atom. The van der Waals surface area contributed by atoms with E-state index >= 15 is 0 Å². The molecule has 1 saturated heterocycles. The van der Waals surface area contributed by atoms with Crippen molar-refractivity contribution in [2.24, 2.45) is 11.8 Å². The highest BCUT2D eigenvalue weighted by Crippen LogP contribution is 2.40. The average molecular weight is 399 g/mol. The van der Waals surface area contributed by atoms with Crippen LogP contribution in [0.5, 0.6) is 5.75 Å². The summed E-state index contributed by atoms with van der Waals surface area (Å²) in [6.45, 7) is 0. The van der Waals surface area contributed by atoms with Gasteiger partial charge in [-0.2, -0.15) is 0 Å². The van der Waals surface area contributed by atoms with Crippen molar-refractivity contribution in [1.29, 1.82) is 0 Å². The number of carbonyl (C=O) groups is 3. The van der Waals surface area contributed by atoms with Crippen LogP contribution in [0.2, 0.25) is 0 Å². The zero-order chi connectivity index (χ0) is 20.7. The average Bonchev–Trinajstić information content (AvgIpc) is 3.04. The first-order valence-electron chi connectivity index (χ1n) is 10.3. The molecule has 2 atom stereocenters. The fourth-order valence-corrected chi connectivity index (χ4v) is 4.61. The van der Waals surface area contributed by atoms with Crippen LogP contribution in [0, 0.1) is 11.8 Å². The third kappa shape index (κ3) is 3.07. The first kappa shape index (κ1) is 18.6. The van der Waals surface area contributed by atoms with Crippen LogP contribution in [-0.4, -0.2) is 17.8 Å². The number of benzene rings is 3. The molecule has 0 radical (unpaired) electrons. The van der Waals surface area contributed by atoms with E-state index in [0.29, 0.717) is 17.0 Å². The maximum atomic E-state index is 12.7. The van der Waals surface area contributed by atoms with Crippen molar-refractivity contribution in [2.45, 2.75) is 25.7 Å². The van der Waals surface area contributed by atoms with Gasteiger partial charge in [0, 0.05) is 5.39 Å². The number of nitrogens with zero attached hydrogens (tertiary/aromatic N) is 1. The van der Waals surface area contributed by atoms with Gasteiger partial charge in [0.2, 0.25) is 11.8 Å². The van der Waals surface area contributed by atoms with Crippen molar-refractivity contribution < 1.29 is 19.1 Å². The minimum atomic E-state index is -0.481. The van der Waals surface area contributed by atoms with Gasteiger partial charge in [0.1, 0.15) is 5.75 Å². The molecule has 1 aliphatic heterocycles. The van der Waals surface area contributed by atoms with Gasteiger partial charge in [-0.15, -0.1) is 0 Å². The number of hydrogen-bond acceptors (Lipinski definition) is 4. The number of rotatable bonds is 3. The Bertz CT molecular complexity index is 1120. The van der Waals surface area contributed by atoms with Gasteiger partial charge in [-0.05, 0) is 48.6 Å². The molecule has 0 unspecified atom stereocenters. The summed E-state index contributed by atoms with van der Waals surface area (Å²) in [5, 5.41) is 1.85. The zero-order valence-electron chi connectivity index (χ0n) is 16.4. The van der Waals surface area contributed by atoms with Crippen molar-refractivity contribution >= 4 is 34.2 Å². The van der Waals surface area contributed by atoms with E-state index < -0.39 is 5.97 Å². The summed E-state index contributed by atoms with van der Waals surface area (Å²) in [5.41, 5.74) is 0.879. The van der Waals surface area contributed by atoms with Crippen LogP contribution in [0.4, 0.5) is 5.69 Å². The first-order valence-corrected chi connectivity index (χ1v) is 10.3. The zero-order valence-corrected chi connectivity index (χ0v) is 16.4. The predicted octanol–water partition coefficient (Wildman–Crippen LogP) is 4.74. The highest BCUT2D eigenvalue weighted by Gasteiger charge is 2.48.